The van der Waals surface area contributed by atoms with Crippen LogP contribution in [0.25, 0.3) is 0 Å². The Morgan fingerprint density at radius 2 is 2.06 bits per heavy atom. The lowest BCUT2D eigenvalue weighted by molar-refractivity contribution is 0.571. The molecule has 0 heterocycles. The van der Waals surface area contributed by atoms with Crippen LogP contribution in [0.15, 0.2) is 23.1 Å². The van der Waals surface area contributed by atoms with E-state index in [-0.39, 0.29) is 10.9 Å². The van der Waals surface area contributed by atoms with Crippen molar-refractivity contribution >= 4 is 27.5 Å². The van der Waals surface area contributed by atoms with E-state index in [0.717, 1.165) is 11.3 Å². The van der Waals surface area contributed by atoms with Gasteiger partial charge < -0.3 is 5.73 Å². The number of sulfonamides is 1. The Hall–Kier alpha value is -0.720. The molecule has 0 aliphatic rings. The summed E-state index contributed by atoms with van der Waals surface area (Å²) in [6.07, 6.45) is 1.94. The first-order valence-corrected chi connectivity index (χ1v) is 8.11. The van der Waals surface area contributed by atoms with E-state index in [4.69, 9.17) is 5.73 Å². The van der Waals surface area contributed by atoms with Crippen LogP contribution in [0.3, 0.4) is 0 Å². The summed E-state index contributed by atoms with van der Waals surface area (Å²) in [6, 6.07) is 4.73. The van der Waals surface area contributed by atoms with Gasteiger partial charge in [-0.2, -0.15) is 11.8 Å². The van der Waals surface area contributed by atoms with Gasteiger partial charge in [0.05, 0.1) is 4.90 Å². The van der Waals surface area contributed by atoms with Gasteiger partial charge in [-0.15, -0.1) is 0 Å². The standard InChI is InChI=1S/C11H18N2O2S2/c1-8-4-10(12)6-11(5-8)17(14,15)13-9(2)7-16-3/h4-6,9,13H,7,12H2,1-3H3. The molecule has 0 aliphatic carbocycles. The average molecular weight is 274 g/mol. The van der Waals surface area contributed by atoms with Crippen molar-refractivity contribution in [3.8, 4) is 0 Å². The zero-order chi connectivity index (χ0) is 13.1. The number of benzene rings is 1. The fourth-order valence-corrected chi connectivity index (χ4v) is 3.62. The second-order valence-corrected chi connectivity index (χ2v) is 6.68. The van der Waals surface area contributed by atoms with Crippen LogP contribution in [0.1, 0.15) is 12.5 Å². The third-order valence-electron chi connectivity index (χ3n) is 2.16. The molecule has 1 unspecified atom stereocenters. The van der Waals surface area contributed by atoms with E-state index < -0.39 is 10.0 Å². The topological polar surface area (TPSA) is 72.2 Å². The molecule has 1 aromatic rings. The second kappa shape index (κ2) is 5.75. The number of rotatable bonds is 5. The van der Waals surface area contributed by atoms with Gasteiger partial charge in [-0.25, -0.2) is 13.1 Å². The molecule has 0 saturated heterocycles. The largest absolute Gasteiger partial charge is 0.399 e. The molecule has 6 heteroatoms. The van der Waals surface area contributed by atoms with Gasteiger partial charge in [-0.3, -0.25) is 0 Å². The number of aryl methyl sites for hydroxylation is 1. The summed E-state index contributed by atoms with van der Waals surface area (Å²) in [6.45, 7) is 3.66. The van der Waals surface area contributed by atoms with E-state index in [1.165, 1.54) is 6.07 Å². The molecule has 1 atom stereocenters. The van der Waals surface area contributed by atoms with E-state index in [2.05, 4.69) is 4.72 Å². The van der Waals surface area contributed by atoms with Crippen LogP contribution in [0, 0.1) is 6.92 Å². The lowest BCUT2D eigenvalue weighted by Crippen LogP contribution is -2.34. The molecule has 4 nitrogen and oxygen atoms in total. The van der Waals surface area contributed by atoms with Crippen LogP contribution >= 0.6 is 11.8 Å². The van der Waals surface area contributed by atoms with Crippen LogP contribution in [0.5, 0.6) is 0 Å². The van der Waals surface area contributed by atoms with Gasteiger partial charge in [0.1, 0.15) is 0 Å². The first-order chi connectivity index (χ1) is 7.85. The van der Waals surface area contributed by atoms with Gasteiger partial charge in [0.25, 0.3) is 0 Å². The summed E-state index contributed by atoms with van der Waals surface area (Å²) < 4.78 is 26.7. The third kappa shape index (κ3) is 4.22. The number of anilines is 1. The normalized spacial score (nSPS) is 13.6. The number of hydrogen-bond acceptors (Lipinski definition) is 4. The third-order valence-corrected chi connectivity index (χ3v) is 4.56. The molecule has 0 amide bonds. The summed E-state index contributed by atoms with van der Waals surface area (Å²) in [5, 5.41) is 0. The SMILES string of the molecule is CSCC(C)NS(=O)(=O)c1cc(C)cc(N)c1. The van der Waals surface area contributed by atoms with E-state index >= 15 is 0 Å². The van der Waals surface area contributed by atoms with Gasteiger partial charge in [0.2, 0.25) is 10.0 Å². The van der Waals surface area contributed by atoms with E-state index in [9.17, 15) is 8.42 Å². The summed E-state index contributed by atoms with van der Waals surface area (Å²) in [5.41, 5.74) is 6.95. The smallest absolute Gasteiger partial charge is 0.240 e. The average Bonchev–Trinajstić information content (AvgIpc) is 2.15. The minimum absolute atomic E-state index is 0.100. The van der Waals surface area contributed by atoms with Crippen LogP contribution in [0.4, 0.5) is 5.69 Å². The molecule has 0 aliphatic heterocycles. The van der Waals surface area contributed by atoms with Crippen LogP contribution < -0.4 is 10.5 Å². The lowest BCUT2D eigenvalue weighted by Gasteiger charge is -2.13. The van der Waals surface area contributed by atoms with Crippen molar-refractivity contribution in [2.45, 2.75) is 24.8 Å². The van der Waals surface area contributed by atoms with Gasteiger partial charge in [-0.05, 0) is 43.9 Å². The molecule has 0 aromatic heterocycles. The van der Waals surface area contributed by atoms with Crippen molar-refractivity contribution in [1.29, 1.82) is 0 Å². The molecule has 0 radical (unpaired) electrons. The molecule has 0 bridgehead atoms. The summed E-state index contributed by atoms with van der Waals surface area (Å²) >= 11 is 1.60. The number of nitrogen functional groups attached to an aromatic ring is 1. The predicted molar refractivity (Wildman–Crippen MR) is 73.8 cm³/mol. The maximum Gasteiger partial charge on any atom is 0.240 e. The minimum atomic E-state index is -3.47. The zero-order valence-electron chi connectivity index (χ0n) is 10.2. The van der Waals surface area contributed by atoms with Crippen molar-refractivity contribution in [3.05, 3.63) is 23.8 Å². The van der Waals surface area contributed by atoms with E-state index in [0.29, 0.717) is 5.69 Å². The Balaban J connectivity index is 2.97. The lowest BCUT2D eigenvalue weighted by atomic mass is 10.2. The summed E-state index contributed by atoms with van der Waals surface area (Å²) in [7, 11) is -3.47. The number of hydrogen-bond donors (Lipinski definition) is 2. The summed E-state index contributed by atoms with van der Waals surface area (Å²) in [5.74, 6) is 0.737. The molecular formula is C11H18N2O2S2. The highest BCUT2D eigenvalue weighted by molar-refractivity contribution is 7.98. The molecule has 17 heavy (non-hydrogen) atoms. The molecule has 1 rings (SSSR count). The van der Waals surface area contributed by atoms with Crippen molar-refractivity contribution < 1.29 is 8.42 Å². The zero-order valence-corrected chi connectivity index (χ0v) is 11.9. The maximum atomic E-state index is 12.0. The molecule has 0 saturated carbocycles. The molecule has 96 valence electrons. The Bertz CT molecular complexity index is 466. The predicted octanol–water partition coefficient (Wildman–Crippen LogP) is 1.61. The Morgan fingerprint density at radius 3 is 2.59 bits per heavy atom. The van der Waals surface area contributed by atoms with Crippen LogP contribution in [-0.4, -0.2) is 26.5 Å². The molecule has 0 spiro atoms. The quantitative estimate of drug-likeness (QED) is 0.800. The van der Waals surface area contributed by atoms with Gasteiger partial charge >= 0.3 is 0 Å². The molecule has 1 aromatic carbocycles. The van der Waals surface area contributed by atoms with E-state index in [1.54, 1.807) is 23.9 Å². The number of nitrogens with one attached hydrogen (secondary N) is 1. The highest BCUT2D eigenvalue weighted by atomic mass is 32.2. The number of nitrogens with two attached hydrogens (primary N) is 1. The fourth-order valence-electron chi connectivity index (χ4n) is 1.55. The second-order valence-electron chi connectivity index (χ2n) is 4.06. The highest BCUT2D eigenvalue weighted by Gasteiger charge is 2.17. The Kier molecular flexibility index (Phi) is 4.85. The molecular weight excluding hydrogens is 256 g/mol. The molecule has 3 N–H and O–H groups in total. The van der Waals surface area contributed by atoms with Crippen LogP contribution in [0.2, 0.25) is 0 Å². The summed E-state index contributed by atoms with van der Waals surface area (Å²) in [4.78, 5) is 0.225. The highest BCUT2D eigenvalue weighted by Crippen LogP contribution is 2.16. The van der Waals surface area contributed by atoms with Crippen molar-refractivity contribution in [2.24, 2.45) is 0 Å². The van der Waals surface area contributed by atoms with Crippen molar-refractivity contribution in [1.82, 2.24) is 4.72 Å². The minimum Gasteiger partial charge on any atom is -0.399 e. The van der Waals surface area contributed by atoms with Crippen LogP contribution in [-0.2, 0) is 10.0 Å². The van der Waals surface area contributed by atoms with E-state index in [1.807, 2.05) is 20.1 Å². The first kappa shape index (κ1) is 14.3. The monoisotopic (exact) mass is 274 g/mol. The maximum absolute atomic E-state index is 12.0. The van der Waals surface area contributed by atoms with Gasteiger partial charge in [0, 0.05) is 17.5 Å². The van der Waals surface area contributed by atoms with Gasteiger partial charge in [-0.1, -0.05) is 0 Å². The van der Waals surface area contributed by atoms with Crippen molar-refractivity contribution in [3.63, 3.8) is 0 Å². The van der Waals surface area contributed by atoms with Gasteiger partial charge in [0.15, 0.2) is 0 Å². The fraction of sp³-hybridized carbons (Fsp3) is 0.455. The first-order valence-electron chi connectivity index (χ1n) is 5.23. The number of thioether (sulfide) groups is 1. The Labute approximate surface area is 107 Å². The molecule has 0 fully saturated rings. The van der Waals surface area contributed by atoms with Crippen molar-refractivity contribution in [2.75, 3.05) is 17.7 Å². The Morgan fingerprint density at radius 1 is 1.41 bits per heavy atom.